The second-order valence-corrected chi connectivity index (χ2v) is 5.80. The van der Waals surface area contributed by atoms with Crippen LogP contribution in [0.3, 0.4) is 0 Å². The van der Waals surface area contributed by atoms with Crippen LogP contribution < -0.4 is 5.32 Å². The minimum atomic E-state index is 0.327. The molecule has 1 atom stereocenters. The van der Waals surface area contributed by atoms with E-state index in [1.807, 2.05) is 29.6 Å². The Bertz CT molecular complexity index is 552. The van der Waals surface area contributed by atoms with Crippen LogP contribution >= 0.6 is 22.9 Å². The Balaban J connectivity index is 1.67. The minimum absolute atomic E-state index is 0.327. The number of nitrogens with one attached hydrogen (secondary N) is 1. The van der Waals surface area contributed by atoms with Crippen molar-refractivity contribution in [2.75, 3.05) is 18.5 Å². The zero-order chi connectivity index (χ0) is 13.1. The minimum Gasteiger partial charge on any atom is -0.376 e. The highest BCUT2D eigenvalue weighted by atomic mass is 35.5. The molecule has 1 fully saturated rings. The second kappa shape index (κ2) is 5.90. The molecule has 100 valence electrons. The molecule has 1 saturated heterocycles. The van der Waals surface area contributed by atoms with E-state index in [2.05, 4.69) is 10.3 Å². The smallest absolute Gasteiger partial charge is 0.183 e. The van der Waals surface area contributed by atoms with Crippen molar-refractivity contribution >= 4 is 28.1 Å². The van der Waals surface area contributed by atoms with Crippen LogP contribution in [-0.2, 0) is 4.74 Å². The number of hydrogen-bond acceptors (Lipinski definition) is 4. The summed E-state index contributed by atoms with van der Waals surface area (Å²) in [7, 11) is 0. The van der Waals surface area contributed by atoms with E-state index in [9.17, 15) is 0 Å². The van der Waals surface area contributed by atoms with E-state index in [1.165, 1.54) is 0 Å². The van der Waals surface area contributed by atoms with Gasteiger partial charge in [-0.15, -0.1) is 11.3 Å². The van der Waals surface area contributed by atoms with E-state index >= 15 is 0 Å². The van der Waals surface area contributed by atoms with Gasteiger partial charge in [0.05, 0.1) is 11.8 Å². The number of ether oxygens (including phenoxy) is 1. The lowest BCUT2D eigenvalue weighted by molar-refractivity contribution is 0.120. The number of thiazole rings is 1. The molecule has 2 aromatic rings. The fraction of sp³-hybridized carbons (Fsp3) is 0.357. The molecule has 1 aliphatic heterocycles. The number of aromatic nitrogens is 1. The summed E-state index contributed by atoms with van der Waals surface area (Å²) in [5.74, 6) is 0. The molecular weight excluding hydrogens is 280 g/mol. The third-order valence-electron chi connectivity index (χ3n) is 3.16. The van der Waals surface area contributed by atoms with Gasteiger partial charge in [-0.25, -0.2) is 4.98 Å². The fourth-order valence-electron chi connectivity index (χ4n) is 2.15. The van der Waals surface area contributed by atoms with E-state index in [-0.39, 0.29) is 0 Å². The second-order valence-electron chi connectivity index (χ2n) is 4.53. The number of anilines is 1. The molecule has 0 bridgehead atoms. The zero-order valence-corrected chi connectivity index (χ0v) is 12.0. The number of nitrogens with zero attached hydrogens (tertiary/aromatic N) is 1. The van der Waals surface area contributed by atoms with Crippen molar-refractivity contribution in [3.05, 3.63) is 34.7 Å². The van der Waals surface area contributed by atoms with Crippen LogP contribution in [0.5, 0.6) is 0 Å². The van der Waals surface area contributed by atoms with E-state index < -0.39 is 0 Å². The van der Waals surface area contributed by atoms with Gasteiger partial charge in [-0.2, -0.15) is 0 Å². The van der Waals surface area contributed by atoms with Crippen molar-refractivity contribution in [2.45, 2.75) is 18.9 Å². The Morgan fingerprint density at radius 2 is 2.32 bits per heavy atom. The third-order valence-corrected chi connectivity index (χ3v) is 4.29. The molecule has 3 nitrogen and oxygen atoms in total. The molecule has 0 aliphatic carbocycles. The molecule has 0 spiro atoms. The molecule has 19 heavy (non-hydrogen) atoms. The summed E-state index contributed by atoms with van der Waals surface area (Å²) < 4.78 is 5.58. The third kappa shape index (κ3) is 3.08. The van der Waals surface area contributed by atoms with Gasteiger partial charge in [0.25, 0.3) is 0 Å². The first kappa shape index (κ1) is 12.9. The van der Waals surface area contributed by atoms with Crippen molar-refractivity contribution in [1.29, 1.82) is 0 Å². The van der Waals surface area contributed by atoms with Gasteiger partial charge in [0.15, 0.2) is 5.13 Å². The molecule has 0 radical (unpaired) electrons. The lowest BCUT2D eigenvalue weighted by Crippen LogP contribution is -2.18. The first-order valence-corrected chi connectivity index (χ1v) is 7.64. The Morgan fingerprint density at radius 3 is 3.11 bits per heavy atom. The van der Waals surface area contributed by atoms with Crippen molar-refractivity contribution in [2.24, 2.45) is 0 Å². The SMILES string of the molecule is Clc1ccccc1-c1csc(NCC2CCCO2)n1. The summed E-state index contributed by atoms with van der Waals surface area (Å²) in [5.41, 5.74) is 1.90. The van der Waals surface area contributed by atoms with Crippen LogP contribution in [0.2, 0.25) is 5.02 Å². The van der Waals surface area contributed by atoms with Gasteiger partial charge in [-0.3, -0.25) is 0 Å². The maximum Gasteiger partial charge on any atom is 0.183 e. The van der Waals surface area contributed by atoms with Gasteiger partial charge >= 0.3 is 0 Å². The summed E-state index contributed by atoms with van der Waals surface area (Å²) in [6.45, 7) is 1.71. The molecular formula is C14H15ClN2OS. The molecule has 2 heterocycles. The normalized spacial score (nSPS) is 18.7. The predicted molar refractivity (Wildman–Crippen MR) is 80.0 cm³/mol. The molecule has 1 aliphatic rings. The van der Waals surface area contributed by atoms with Gasteiger partial charge in [0, 0.05) is 29.1 Å². The molecule has 1 unspecified atom stereocenters. The van der Waals surface area contributed by atoms with Gasteiger partial charge in [-0.1, -0.05) is 29.8 Å². The molecule has 0 saturated carbocycles. The quantitative estimate of drug-likeness (QED) is 0.923. The van der Waals surface area contributed by atoms with Gasteiger partial charge in [-0.05, 0) is 18.9 Å². The Morgan fingerprint density at radius 1 is 1.42 bits per heavy atom. The Kier molecular flexibility index (Phi) is 4.01. The van der Waals surface area contributed by atoms with E-state index in [1.54, 1.807) is 11.3 Å². The summed E-state index contributed by atoms with van der Waals surface area (Å²) in [6.07, 6.45) is 2.62. The number of halogens is 1. The monoisotopic (exact) mass is 294 g/mol. The summed E-state index contributed by atoms with van der Waals surface area (Å²) >= 11 is 7.77. The summed E-state index contributed by atoms with van der Waals surface area (Å²) in [6, 6.07) is 7.77. The topological polar surface area (TPSA) is 34.1 Å². The lowest BCUT2D eigenvalue weighted by atomic mass is 10.2. The molecule has 0 amide bonds. The molecule has 3 rings (SSSR count). The standard InChI is InChI=1S/C14H15ClN2OS/c15-12-6-2-1-5-11(12)13-9-19-14(17-13)16-8-10-4-3-7-18-10/h1-2,5-6,9-10H,3-4,7-8H2,(H,16,17). The molecule has 1 aromatic carbocycles. The Hall–Kier alpha value is -1.10. The molecule has 1 N–H and O–H groups in total. The van der Waals surface area contributed by atoms with Crippen LogP contribution in [0.4, 0.5) is 5.13 Å². The van der Waals surface area contributed by atoms with Crippen molar-refractivity contribution in [1.82, 2.24) is 4.98 Å². The van der Waals surface area contributed by atoms with Crippen LogP contribution in [-0.4, -0.2) is 24.2 Å². The zero-order valence-electron chi connectivity index (χ0n) is 10.4. The number of benzene rings is 1. The largest absolute Gasteiger partial charge is 0.376 e. The Labute approximate surface area is 121 Å². The number of rotatable bonds is 4. The van der Waals surface area contributed by atoms with Crippen molar-refractivity contribution < 1.29 is 4.74 Å². The predicted octanol–water partition coefficient (Wildman–Crippen LogP) is 4.05. The molecule has 5 heteroatoms. The van der Waals surface area contributed by atoms with E-state index in [4.69, 9.17) is 16.3 Å². The van der Waals surface area contributed by atoms with Crippen LogP contribution in [0, 0.1) is 0 Å². The fourth-order valence-corrected chi connectivity index (χ4v) is 3.11. The van der Waals surface area contributed by atoms with Crippen molar-refractivity contribution in [3.63, 3.8) is 0 Å². The number of hydrogen-bond donors (Lipinski definition) is 1. The van der Waals surface area contributed by atoms with Gasteiger partial charge in [0.1, 0.15) is 0 Å². The highest BCUT2D eigenvalue weighted by Crippen LogP contribution is 2.30. The highest BCUT2D eigenvalue weighted by Gasteiger charge is 2.15. The highest BCUT2D eigenvalue weighted by molar-refractivity contribution is 7.14. The van der Waals surface area contributed by atoms with Gasteiger partial charge < -0.3 is 10.1 Å². The average molecular weight is 295 g/mol. The van der Waals surface area contributed by atoms with Gasteiger partial charge in [0.2, 0.25) is 0 Å². The maximum atomic E-state index is 6.17. The average Bonchev–Trinajstić information content (AvgIpc) is 3.08. The van der Waals surface area contributed by atoms with E-state index in [0.29, 0.717) is 6.10 Å². The summed E-state index contributed by atoms with van der Waals surface area (Å²) in [4.78, 5) is 4.57. The van der Waals surface area contributed by atoms with Crippen LogP contribution in [0.15, 0.2) is 29.6 Å². The first-order chi connectivity index (χ1) is 9.33. The van der Waals surface area contributed by atoms with Crippen molar-refractivity contribution in [3.8, 4) is 11.3 Å². The lowest BCUT2D eigenvalue weighted by Gasteiger charge is -2.09. The van der Waals surface area contributed by atoms with Crippen LogP contribution in [0.1, 0.15) is 12.8 Å². The first-order valence-electron chi connectivity index (χ1n) is 6.39. The summed E-state index contributed by atoms with van der Waals surface area (Å²) in [5, 5.41) is 7.02. The van der Waals surface area contributed by atoms with E-state index in [0.717, 1.165) is 47.4 Å². The van der Waals surface area contributed by atoms with Crippen LogP contribution in [0.25, 0.3) is 11.3 Å². The maximum absolute atomic E-state index is 6.17. The molecule has 1 aromatic heterocycles.